The van der Waals surface area contributed by atoms with Gasteiger partial charge >= 0.3 is 6.09 Å². The molecule has 2 fully saturated rings. The third-order valence-corrected chi connectivity index (χ3v) is 8.73. The van der Waals surface area contributed by atoms with Gasteiger partial charge in [-0.2, -0.15) is 0 Å². The number of ether oxygens (including phenoxy) is 1. The zero-order valence-corrected chi connectivity index (χ0v) is 31.2. The number of amides is 3. The molecule has 1 aliphatic carbocycles. The Labute approximate surface area is 303 Å². The summed E-state index contributed by atoms with van der Waals surface area (Å²) in [7, 11) is 3.92. The van der Waals surface area contributed by atoms with Crippen molar-refractivity contribution in [2.75, 3.05) is 33.7 Å². The lowest BCUT2D eigenvalue weighted by molar-refractivity contribution is -0.128. The van der Waals surface area contributed by atoms with Crippen molar-refractivity contribution in [2.45, 2.75) is 110 Å². The molecule has 51 heavy (non-hydrogen) atoms. The molecular weight excluding hydrogens is 656 g/mol. The Morgan fingerprint density at radius 3 is 1.98 bits per heavy atom. The highest BCUT2D eigenvalue weighted by Crippen LogP contribution is 2.26. The van der Waals surface area contributed by atoms with Gasteiger partial charge in [0.15, 0.2) is 0 Å². The van der Waals surface area contributed by atoms with Gasteiger partial charge in [-0.3, -0.25) is 14.5 Å². The van der Waals surface area contributed by atoms with Crippen molar-refractivity contribution < 1.29 is 32.7 Å². The predicted molar refractivity (Wildman–Crippen MR) is 198 cm³/mol. The number of likely N-dealkylation sites (tertiary alicyclic amines) is 1. The predicted octanol–water partition coefficient (Wildman–Crippen LogP) is 5.89. The second-order valence-corrected chi connectivity index (χ2v) is 12.8. The van der Waals surface area contributed by atoms with E-state index in [2.05, 4.69) is 35.1 Å². The average molecular weight is 718 g/mol. The fraction of sp³-hybridized carbons (Fsp3) is 0.590. The van der Waals surface area contributed by atoms with Crippen molar-refractivity contribution in [3.05, 3.63) is 71.8 Å². The van der Waals surface area contributed by atoms with Gasteiger partial charge in [0.05, 0.1) is 18.6 Å². The molecule has 4 rings (SSSR count). The van der Waals surface area contributed by atoms with Crippen LogP contribution in [0, 0.1) is 5.92 Å². The number of alkyl carbamates (subject to hydrolysis) is 1. The summed E-state index contributed by atoms with van der Waals surface area (Å²) in [6, 6.07) is 19.7. The molecule has 3 amide bonds. The zero-order valence-electron chi connectivity index (χ0n) is 31.2. The molecular formula is C39H61F2N5O5. The van der Waals surface area contributed by atoms with Gasteiger partial charge in [-0.25, -0.2) is 13.6 Å². The number of alkyl halides is 2. The van der Waals surface area contributed by atoms with E-state index in [1.54, 1.807) is 0 Å². The molecule has 3 unspecified atom stereocenters. The number of nitrogens with zero attached hydrogens (tertiary/aromatic N) is 1. The third kappa shape index (κ3) is 21.8. The maximum absolute atomic E-state index is 11.9. The SMILES string of the molecule is CC(F)F.CCC(C)NC.CN1CCCC1C(=O)NCC(=O)NCCc1ccccc1.O=CC(NC(=O)OCc1ccccc1)C1CCCCC1. The van der Waals surface area contributed by atoms with E-state index in [9.17, 15) is 28.0 Å². The minimum absolute atomic E-state index is 0.0480. The van der Waals surface area contributed by atoms with Crippen LogP contribution in [-0.2, 0) is 32.1 Å². The van der Waals surface area contributed by atoms with Gasteiger partial charge in [-0.05, 0) is 90.1 Å². The van der Waals surface area contributed by atoms with Gasteiger partial charge in [0, 0.05) is 12.6 Å². The van der Waals surface area contributed by atoms with Crippen LogP contribution in [0.25, 0.3) is 0 Å². The number of halogens is 2. The standard InChI is InChI=1S/C16H23N3O2.C16H21NO3.C5H13N.C2H4F2/c1-19-11-5-8-14(19)16(21)18-12-15(20)17-10-9-13-6-3-2-4-7-13;18-11-15(14-9-5-2-6-10-14)17-16(19)20-12-13-7-3-1-4-8-13;1-4-5(2)6-3;1-2(3)4/h2-4,6-7,14H,5,8-12H2,1H3,(H,17,20)(H,18,21);1,3-4,7-8,11,14-15H,2,5-6,9-10,12H2,(H,17,19);5-6H,4H2,1-3H3;2H,1H3. The van der Waals surface area contributed by atoms with Crippen LogP contribution < -0.4 is 21.3 Å². The van der Waals surface area contributed by atoms with Crippen molar-refractivity contribution in [3.63, 3.8) is 0 Å². The summed E-state index contributed by atoms with van der Waals surface area (Å²) in [5, 5.41) is 11.3. The minimum Gasteiger partial charge on any atom is -0.445 e. The summed E-state index contributed by atoms with van der Waals surface area (Å²) in [6.45, 7) is 6.98. The lowest BCUT2D eigenvalue weighted by Gasteiger charge is -2.26. The molecule has 1 saturated carbocycles. The fourth-order valence-electron chi connectivity index (χ4n) is 5.44. The first-order valence-corrected chi connectivity index (χ1v) is 18.2. The number of carbonyl (C=O) groups is 4. The second kappa shape index (κ2) is 27.8. The molecule has 0 radical (unpaired) electrons. The van der Waals surface area contributed by atoms with Crippen molar-refractivity contribution in [1.82, 2.24) is 26.2 Å². The molecule has 4 N–H and O–H groups in total. The first-order chi connectivity index (χ1) is 24.5. The van der Waals surface area contributed by atoms with Crippen LogP contribution in [0.15, 0.2) is 60.7 Å². The quantitative estimate of drug-likeness (QED) is 0.190. The molecule has 0 bridgehead atoms. The third-order valence-electron chi connectivity index (χ3n) is 8.73. The Kier molecular flexibility index (Phi) is 24.6. The van der Waals surface area contributed by atoms with Gasteiger partial charge in [0.2, 0.25) is 18.2 Å². The largest absolute Gasteiger partial charge is 0.445 e. The van der Waals surface area contributed by atoms with Crippen LogP contribution in [0.3, 0.4) is 0 Å². The molecule has 3 atom stereocenters. The molecule has 2 aliphatic rings. The highest BCUT2D eigenvalue weighted by molar-refractivity contribution is 5.87. The molecule has 10 nitrogen and oxygen atoms in total. The Hall–Kier alpha value is -3.90. The smallest absolute Gasteiger partial charge is 0.408 e. The van der Waals surface area contributed by atoms with Gasteiger partial charge in [0.1, 0.15) is 12.9 Å². The van der Waals surface area contributed by atoms with E-state index < -0.39 is 18.6 Å². The first kappa shape index (κ1) is 45.1. The fourth-order valence-corrected chi connectivity index (χ4v) is 5.44. The molecule has 1 aliphatic heterocycles. The van der Waals surface area contributed by atoms with Crippen molar-refractivity contribution in [1.29, 1.82) is 0 Å². The molecule has 12 heteroatoms. The van der Waals surface area contributed by atoms with E-state index in [0.29, 0.717) is 12.6 Å². The monoisotopic (exact) mass is 717 g/mol. The van der Waals surface area contributed by atoms with Crippen LogP contribution in [0.4, 0.5) is 13.6 Å². The van der Waals surface area contributed by atoms with Gasteiger partial charge in [0.25, 0.3) is 0 Å². The van der Waals surface area contributed by atoms with E-state index in [1.165, 1.54) is 18.4 Å². The van der Waals surface area contributed by atoms with Crippen molar-refractivity contribution in [3.8, 4) is 0 Å². The lowest BCUT2D eigenvalue weighted by Crippen LogP contribution is -2.45. The number of hydrogen-bond acceptors (Lipinski definition) is 7. The highest BCUT2D eigenvalue weighted by atomic mass is 19.3. The number of carbonyl (C=O) groups excluding carboxylic acids is 4. The van der Waals surface area contributed by atoms with E-state index >= 15 is 0 Å². The summed E-state index contributed by atoms with van der Waals surface area (Å²) in [6.07, 6.45) is 7.57. The summed E-state index contributed by atoms with van der Waals surface area (Å²) in [4.78, 5) is 48.5. The second-order valence-electron chi connectivity index (χ2n) is 12.8. The molecule has 286 valence electrons. The Balaban J connectivity index is 0.000000404. The van der Waals surface area contributed by atoms with Crippen molar-refractivity contribution in [2.24, 2.45) is 5.92 Å². The van der Waals surface area contributed by atoms with Crippen LogP contribution in [0.5, 0.6) is 0 Å². The maximum Gasteiger partial charge on any atom is 0.408 e. The summed E-state index contributed by atoms with van der Waals surface area (Å²) >= 11 is 0. The summed E-state index contributed by atoms with van der Waals surface area (Å²) in [5.41, 5.74) is 2.12. The Bertz CT molecular complexity index is 1210. The van der Waals surface area contributed by atoms with Crippen molar-refractivity contribution >= 4 is 24.2 Å². The van der Waals surface area contributed by atoms with E-state index in [0.717, 1.165) is 70.3 Å². The minimum atomic E-state index is -2.17. The van der Waals surface area contributed by atoms with E-state index in [-0.39, 0.29) is 36.9 Å². The highest BCUT2D eigenvalue weighted by Gasteiger charge is 2.28. The zero-order chi connectivity index (χ0) is 37.9. The Morgan fingerprint density at radius 1 is 0.902 bits per heavy atom. The number of aldehydes is 1. The maximum atomic E-state index is 11.9. The number of likely N-dealkylation sites (N-methyl/N-ethyl adjacent to an activating group) is 1. The number of hydrogen-bond donors (Lipinski definition) is 4. The first-order valence-electron chi connectivity index (χ1n) is 18.2. The van der Waals surface area contributed by atoms with Gasteiger partial charge in [-0.1, -0.05) is 86.8 Å². The topological polar surface area (TPSA) is 129 Å². The molecule has 0 aromatic heterocycles. The number of rotatable bonds is 13. The van der Waals surface area contributed by atoms with Crippen LogP contribution >= 0.6 is 0 Å². The van der Waals surface area contributed by atoms with Crippen LogP contribution in [0.1, 0.15) is 83.3 Å². The van der Waals surface area contributed by atoms with E-state index in [4.69, 9.17) is 4.74 Å². The normalized spacial score (nSPS) is 16.7. The number of benzene rings is 2. The summed E-state index contributed by atoms with van der Waals surface area (Å²) < 4.78 is 25.8. The molecule has 0 spiro atoms. The number of nitrogens with one attached hydrogen (secondary N) is 4. The van der Waals surface area contributed by atoms with E-state index in [1.807, 2.05) is 79.7 Å². The van der Waals surface area contributed by atoms with Gasteiger partial charge < -0.3 is 30.8 Å². The Morgan fingerprint density at radius 2 is 1.49 bits per heavy atom. The molecule has 1 heterocycles. The van der Waals surface area contributed by atoms with Crippen LogP contribution in [-0.4, -0.2) is 87.4 Å². The van der Waals surface area contributed by atoms with Gasteiger partial charge in [-0.15, -0.1) is 0 Å². The average Bonchev–Trinajstić information content (AvgIpc) is 3.59. The van der Waals surface area contributed by atoms with Crippen LogP contribution in [0.2, 0.25) is 0 Å². The lowest BCUT2D eigenvalue weighted by atomic mass is 9.84. The molecule has 2 aromatic carbocycles. The molecule has 2 aromatic rings. The summed E-state index contributed by atoms with van der Waals surface area (Å²) in [5.74, 6) is 0.0682. The molecule has 1 saturated heterocycles.